The number of aryl methyl sites for hydroxylation is 1. The van der Waals surface area contributed by atoms with Crippen LogP contribution in [0.25, 0.3) is 0 Å². The van der Waals surface area contributed by atoms with Crippen molar-refractivity contribution in [1.29, 1.82) is 0 Å². The smallest absolute Gasteiger partial charge is 0.328 e. The second-order valence-corrected chi connectivity index (χ2v) is 8.29. The minimum Gasteiger partial charge on any atom is -0.496 e. The van der Waals surface area contributed by atoms with Crippen molar-refractivity contribution in [3.8, 4) is 5.75 Å². The highest BCUT2D eigenvalue weighted by atomic mass is 32.2. The van der Waals surface area contributed by atoms with Gasteiger partial charge in [-0.05, 0) is 49.9 Å². The molecule has 0 aliphatic carbocycles. The summed E-state index contributed by atoms with van der Waals surface area (Å²) in [4.78, 5) is 24.1. The van der Waals surface area contributed by atoms with Crippen molar-refractivity contribution in [1.82, 2.24) is 10.0 Å². The molecule has 0 heterocycles. The van der Waals surface area contributed by atoms with Crippen molar-refractivity contribution in [2.75, 3.05) is 20.8 Å². The molecule has 0 bridgehead atoms. The van der Waals surface area contributed by atoms with Crippen LogP contribution in [-0.4, -0.2) is 47.1 Å². The van der Waals surface area contributed by atoms with E-state index in [1.807, 2.05) is 6.92 Å². The Kier molecular flexibility index (Phi) is 8.90. The average Bonchev–Trinajstić information content (AvgIpc) is 2.65. The molecule has 0 fully saturated rings. The highest BCUT2D eigenvalue weighted by Crippen LogP contribution is 2.30. The lowest BCUT2D eigenvalue weighted by Crippen LogP contribution is -2.46. The number of hydrogen-bond acceptors (Lipinski definition) is 6. The summed E-state index contributed by atoms with van der Waals surface area (Å²) in [6, 6.07) is 0.850. The Morgan fingerprint density at radius 3 is 2.32 bits per heavy atom. The van der Waals surface area contributed by atoms with Gasteiger partial charge in [0.2, 0.25) is 15.9 Å². The fourth-order valence-corrected chi connectivity index (χ4v) is 4.43. The van der Waals surface area contributed by atoms with Crippen LogP contribution in [0.15, 0.2) is 11.0 Å². The molecule has 28 heavy (non-hydrogen) atoms. The minimum atomic E-state index is -3.93. The maximum Gasteiger partial charge on any atom is 0.328 e. The van der Waals surface area contributed by atoms with Gasteiger partial charge in [0.05, 0.1) is 25.7 Å². The minimum absolute atomic E-state index is 0.120. The summed E-state index contributed by atoms with van der Waals surface area (Å²) in [6.07, 6.45) is 2.01. The van der Waals surface area contributed by atoms with Gasteiger partial charge in [-0.2, -0.15) is 0 Å². The highest BCUT2D eigenvalue weighted by molar-refractivity contribution is 7.89. The van der Waals surface area contributed by atoms with Crippen molar-refractivity contribution in [2.24, 2.45) is 0 Å². The summed E-state index contributed by atoms with van der Waals surface area (Å²) in [6.45, 7) is 6.62. The fourth-order valence-electron chi connectivity index (χ4n) is 2.92. The van der Waals surface area contributed by atoms with E-state index in [0.29, 0.717) is 28.9 Å². The molecule has 0 aromatic heterocycles. The van der Waals surface area contributed by atoms with Gasteiger partial charge in [0.15, 0.2) is 0 Å². The van der Waals surface area contributed by atoms with E-state index in [2.05, 4.69) is 14.8 Å². The zero-order valence-corrected chi connectivity index (χ0v) is 18.2. The van der Waals surface area contributed by atoms with Gasteiger partial charge < -0.3 is 14.8 Å². The third kappa shape index (κ3) is 5.93. The van der Waals surface area contributed by atoms with Gasteiger partial charge >= 0.3 is 5.97 Å². The normalized spacial score (nSPS) is 12.4. The molecule has 1 aromatic carbocycles. The summed E-state index contributed by atoms with van der Waals surface area (Å²) in [7, 11) is -1.16. The average molecular weight is 415 g/mol. The molecule has 1 unspecified atom stereocenters. The Morgan fingerprint density at radius 1 is 1.14 bits per heavy atom. The molecule has 0 saturated heterocycles. The molecule has 158 valence electrons. The van der Waals surface area contributed by atoms with Crippen LogP contribution in [0.3, 0.4) is 0 Å². The molecule has 9 heteroatoms. The number of ether oxygens (including phenoxy) is 2. The van der Waals surface area contributed by atoms with E-state index in [0.717, 1.165) is 12.8 Å². The van der Waals surface area contributed by atoms with E-state index < -0.39 is 34.5 Å². The van der Waals surface area contributed by atoms with E-state index in [1.165, 1.54) is 14.2 Å². The van der Waals surface area contributed by atoms with Gasteiger partial charge in [-0.25, -0.2) is 17.9 Å². The highest BCUT2D eigenvalue weighted by Gasteiger charge is 2.25. The Balaban J connectivity index is 2.92. The van der Waals surface area contributed by atoms with E-state index >= 15 is 0 Å². The first-order valence-electron chi connectivity index (χ1n) is 9.10. The van der Waals surface area contributed by atoms with E-state index in [-0.39, 0.29) is 4.90 Å². The number of carbonyl (C=O) groups is 2. The van der Waals surface area contributed by atoms with Crippen LogP contribution in [0.2, 0.25) is 0 Å². The van der Waals surface area contributed by atoms with Gasteiger partial charge in [-0.1, -0.05) is 19.8 Å². The Morgan fingerprint density at radius 2 is 1.79 bits per heavy atom. The zero-order chi connectivity index (χ0) is 21.5. The van der Waals surface area contributed by atoms with E-state index in [1.54, 1.807) is 26.8 Å². The van der Waals surface area contributed by atoms with Crippen LogP contribution < -0.4 is 14.8 Å². The lowest BCUT2D eigenvalue weighted by molar-refractivity contribution is -0.145. The van der Waals surface area contributed by atoms with Crippen LogP contribution >= 0.6 is 0 Å². The molecular formula is C19H30N2O6S. The number of methoxy groups -OCH3 is 2. The molecule has 8 nitrogen and oxygen atoms in total. The number of benzene rings is 1. The van der Waals surface area contributed by atoms with Crippen molar-refractivity contribution in [3.05, 3.63) is 22.8 Å². The molecule has 0 aliphatic rings. The first kappa shape index (κ1) is 23.9. The molecule has 0 spiro atoms. The third-order valence-electron chi connectivity index (χ3n) is 4.56. The van der Waals surface area contributed by atoms with Crippen molar-refractivity contribution in [2.45, 2.75) is 57.9 Å². The Labute approximate surface area is 167 Å². The van der Waals surface area contributed by atoms with Gasteiger partial charge in [0.25, 0.3) is 0 Å². The van der Waals surface area contributed by atoms with E-state index in [9.17, 15) is 18.0 Å². The number of sulfonamides is 1. The monoisotopic (exact) mass is 414 g/mol. The van der Waals surface area contributed by atoms with Crippen LogP contribution in [0.5, 0.6) is 5.75 Å². The van der Waals surface area contributed by atoms with Crippen LogP contribution in [-0.2, 0) is 24.3 Å². The second kappa shape index (κ2) is 10.4. The molecule has 0 radical (unpaired) electrons. The molecule has 1 atom stereocenters. The number of rotatable bonds is 10. The predicted molar refractivity (Wildman–Crippen MR) is 106 cm³/mol. The number of hydrogen-bond donors (Lipinski definition) is 2. The SMILES string of the molecule is CCCCC(NC(=O)CNS(=O)(=O)c1c(C)cc(OC)c(C)c1C)C(=O)OC. The van der Waals surface area contributed by atoms with Gasteiger partial charge in [-0.15, -0.1) is 0 Å². The quantitative estimate of drug-likeness (QED) is 0.564. The summed E-state index contributed by atoms with van der Waals surface area (Å²) < 4.78 is 37.8. The maximum atomic E-state index is 12.8. The Bertz CT molecular complexity index is 820. The summed E-state index contributed by atoms with van der Waals surface area (Å²) >= 11 is 0. The molecule has 2 N–H and O–H groups in total. The van der Waals surface area contributed by atoms with Gasteiger partial charge in [0, 0.05) is 0 Å². The zero-order valence-electron chi connectivity index (χ0n) is 17.3. The second-order valence-electron chi connectivity index (χ2n) is 6.58. The number of amides is 1. The number of esters is 1. The summed E-state index contributed by atoms with van der Waals surface area (Å²) in [5.41, 5.74) is 1.78. The molecule has 1 rings (SSSR count). The van der Waals surface area contributed by atoms with Gasteiger partial charge in [-0.3, -0.25) is 4.79 Å². The molecular weight excluding hydrogens is 384 g/mol. The van der Waals surface area contributed by atoms with Crippen LogP contribution in [0.4, 0.5) is 0 Å². The van der Waals surface area contributed by atoms with Crippen LogP contribution in [0, 0.1) is 20.8 Å². The topological polar surface area (TPSA) is 111 Å². The first-order valence-corrected chi connectivity index (χ1v) is 10.6. The van der Waals surface area contributed by atoms with Crippen molar-refractivity contribution >= 4 is 21.9 Å². The van der Waals surface area contributed by atoms with Crippen LogP contribution in [0.1, 0.15) is 42.9 Å². The van der Waals surface area contributed by atoms with Crippen molar-refractivity contribution in [3.63, 3.8) is 0 Å². The summed E-state index contributed by atoms with van der Waals surface area (Å²) in [5.74, 6) is -0.554. The predicted octanol–water partition coefficient (Wildman–Crippen LogP) is 1.75. The van der Waals surface area contributed by atoms with E-state index in [4.69, 9.17) is 4.74 Å². The number of unbranched alkanes of at least 4 members (excludes halogenated alkanes) is 1. The molecule has 0 aliphatic heterocycles. The Hall–Kier alpha value is -2.13. The maximum absolute atomic E-state index is 12.8. The lowest BCUT2D eigenvalue weighted by atomic mass is 10.1. The van der Waals surface area contributed by atoms with Gasteiger partial charge in [0.1, 0.15) is 11.8 Å². The molecule has 1 amide bonds. The standard InChI is InChI=1S/C19H30N2O6S/c1-7-8-9-15(19(23)27-6)21-17(22)11-20-28(24,25)18-12(2)10-16(26-5)13(3)14(18)4/h10,15,20H,7-9,11H2,1-6H3,(H,21,22). The third-order valence-corrected chi connectivity index (χ3v) is 6.25. The lowest BCUT2D eigenvalue weighted by Gasteiger charge is -2.18. The fraction of sp³-hybridized carbons (Fsp3) is 0.579. The number of carbonyl (C=O) groups excluding carboxylic acids is 2. The summed E-state index contributed by atoms with van der Waals surface area (Å²) in [5, 5.41) is 2.53. The largest absolute Gasteiger partial charge is 0.496 e. The molecule has 1 aromatic rings. The van der Waals surface area contributed by atoms with Crippen molar-refractivity contribution < 1.29 is 27.5 Å². The molecule has 0 saturated carbocycles. The number of nitrogens with one attached hydrogen (secondary N) is 2. The first-order chi connectivity index (χ1) is 13.1.